The SMILES string of the molecule is CNS(=O)(=O)c1ccc(N)c(N2CCOC(C)(C)C2)c1. The molecule has 0 radical (unpaired) electrons. The third kappa shape index (κ3) is 3.05. The largest absolute Gasteiger partial charge is 0.397 e. The van der Waals surface area contributed by atoms with Crippen LogP contribution in [0.4, 0.5) is 11.4 Å². The zero-order chi connectivity index (χ0) is 15.0. The van der Waals surface area contributed by atoms with E-state index in [1.807, 2.05) is 13.8 Å². The lowest BCUT2D eigenvalue weighted by Crippen LogP contribution is -2.48. The van der Waals surface area contributed by atoms with Crippen LogP contribution in [0.25, 0.3) is 0 Å². The van der Waals surface area contributed by atoms with Crippen LogP contribution in [0.15, 0.2) is 23.1 Å². The number of ether oxygens (including phenoxy) is 1. The average Bonchev–Trinajstić information content (AvgIpc) is 2.37. The molecular weight excluding hydrogens is 278 g/mol. The van der Waals surface area contributed by atoms with Crippen LogP contribution in [0.5, 0.6) is 0 Å². The Hall–Kier alpha value is -1.31. The summed E-state index contributed by atoms with van der Waals surface area (Å²) in [6.07, 6.45) is 0. The zero-order valence-corrected chi connectivity index (χ0v) is 12.8. The van der Waals surface area contributed by atoms with Crippen molar-refractivity contribution in [2.45, 2.75) is 24.3 Å². The number of rotatable bonds is 3. The highest BCUT2D eigenvalue weighted by Gasteiger charge is 2.28. The first-order valence-electron chi connectivity index (χ1n) is 6.47. The van der Waals surface area contributed by atoms with Crippen LogP contribution in [0.3, 0.4) is 0 Å². The topological polar surface area (TPSA) is 84.7 Å². The maximum atomic E-state index is 11.9. The maximum Gasteiger partial charge on any atom is 0.240 e. The van der Waals surface area contributed by atoms with Crippen LogP contribution < -0.4 is 15.4 Å². The van der Waals surface area contributed by atoms with Crippen LogP contribution >= 0.6 is 0 Å². The van der Waals surface area contributed by atoms with Gasteiger partial charge in [0, 0.05) is 13.1 Å². The lowest BCUT2D eigenvalue weighted by atomic mass is 10.1. The molecule has 112 valence electrons. The van der Waals surface area contributed by atoms with E-state index < -0.39 is 10.0 Å². The molecule has 1 aromatic carbocycles. The summed E-state index contributed by atoms with van der Waals surface area (Å²) in [5, 5.41) is 0. The van der Waals surface area contributed by atoms with Crippen LogP contribution in [0.1, 0.15) is 13.8 Å². The van der Waals surface area contributed by atoms with Crippen molar-refractivity contribution >= 4 is 21.4 Å². The Morgan fingerprint density at radius 3 is 2.70 bits per heavy atom. The maximum absolute atomic E-state index is 11.9. The van der Waals surface area contributed by atoms with Crippen molar-refractivity contribution in [1.29, 1.82) is 0 Å². The fourth-order valence-corrected chi connectivity index (χ4v) is 3.05. The van der Waals surface area contributed by atoms with Gasteiger partial charge in [-0.15, -0.1) is 0 Å². The van der Waals surface area contributed by atoms with Crippen LogP contribution in [0.2, 0.25) is 0 Å². The van der Waals surface area contributed by atoms with Gasteiger partial charge in [0.15, 0.2) is 0 Å². The number of nitrogen functional groups attached to an aromatic ring is 1. The lowest BCUT2D eigenvalue weighted by molar-refractivity contribution is -0.0276. The first-order valence-corrected chi connectivity index (χ1v) is 7.95. The van der Waals surface area contributed by atoms with Gasteiger partial charge in [0.25, 0.3) is 0 Å². The third-order valence-corrected chi connectivity index (χ3v) is 4.76. The van der Waals surface area contributed by atoms with Gasteiger partial charge in [-0.25, -0.2) is 13.1 Å². The van der Waals surface area contributed by atoms with E-state index in [4.69, 9.17) is 10.5 Å². The first kappa shape index (κ1) is 15.1. The molecule has 1 fully saturated rings. The molecule has 0 aromatic heterocycles. The molecule has 0 saturated carbocycles. The number of morpholine rings is 1. The minimum Gasteiger partial charge on any atom is -0.397 e. The Morgan fingerprint density at radius 1 is 1.40 bits per heavy atom. The van der Waals surface area contributed by atoms with Crippen molar-refractivity contribution < 1.29 is 13.2 Å². The van der Waals surface area contributed by atoms with Crippen molar-refractivity contribution in [3.8, 4) is 0 Å². The van der Waals surface area contributed by atoms with E-state index in [-0.39, 0.29) is 10.5 Å². The molecule has 1 saturated heterocycles. The summed E-state index contributed by atoms with van der Waals surface area (Å²) < 4.78 is 31.7. The number of anilines is 2. The van der Waals surface area contributed by atoms with E-state index in [9.17, 15) is 8.42 Å². The van der Waals surface area contributed by atoms with E-state index in [2.05, 4.69) is 9.62 Å². The fraction of sp³-hybridized carbons (Fsp3) is 0.538. The van der Waals surface area contributed by atoms with E-state index in [1.54, 1.807) is 12.1 Å². The van der Waals surface area contributed by atoms with Gasteiger partial charge in [0.1, 0.15) is 0 Å². The van der Waals surface area contributed by atoms with Crippen LogP contribution in [-0.4, -0.2) is 40.8 Å². The minimum absolute atomic E-state index is 0.216. The molecule has 1 aliphatic rings. The van der Waals surface area contributed by atoms with Gasteiger partial charge in [-0.05, 0) is 39.1 Å². The van der Waals surface area contributed by atoms with Crippen molar-refractivity contribution in [1.82, 2.24) is 4.72 Å². The molecule has 0 bridgehead atoms. The van der Waals surface area contributed by atoms with Gasteiger partial charge in [-0.2, -0.15) is 0 Å². The molecule has 1 aromatic rings. The van der Waals surface area contributed by atoms with Gasteiger partial charge in [-0.3, -0.25) is 0 Å². The van der Waals surface area contributed by atoms with Gasteiger partial charge in [0.05, 0.1) is 28.5 Å². The monoisotopic (exact) mass is 299 g/mol. The second-order valence-electron chi connectivity index (χ2n) is 5.46. The van der Waals surface area contributed by atoms with E-state index in [1.165, 1.54) is 13.1 Å². The number of hydrogen-bond donors (Lipinski definition) is 2. The van der Waals surface area contributed by atoms with Crippen LogP contribution in [0, 0.1) is 0 Å². The zero-order valence-electron chi connectivity index (χ0n) is 12.0. The van der Waals surface area contributed by atoms with Gasteiger partial charge < -0.3 is 15.4 Å². The van der Waals surface area contributed by atoms with Crippen molar-refractivity contribution in [3.05, 3.63) is 18.2 Å². The molecule has 6 nitrogen and oxygen atoms in total. The molecule has 0 atom stereocenters. The molecule has 2 rings (SSSR count). The molecule has 0 aliphatic carbocycles. The summed E-state index contributed by atoms with van der Waals surface area (Å²) in [7, 11) is -2.08. The summed E-state index contributed by atoms with van der Waals surface area (Å²) in [4.78, 5) is 2.28. The highest BCUT2D eigenvalue weighted by atomic mass is 32.2. The Labute approximate surface area is 120 Å². The smallest absolute Gasteiger partial charge is 0.240 e. The number of nitrogens with two attached hydrogens (primary N) is 1. The molecule has 0 spiro atoms. The van der Waals surface area contributed by atoms with Gasteiger partial charge in [-0.1, -0.05) is 0 Å². The standard InChI is InChI=1S/C13H21N3O3S/c1-13(2)9-16(6-7-19-13)12-8-10(4-5-11(12)14)20(17,18)15-3/h4-5,8,15H,6-7,9,14H2,1-3H3. The summed E-state index contributed by atoms with van der Waals surface area (Å²) in [5.41, 5.74) is 7.02. The highest BCUT2D eigenvalue weighted by Crippen LogP contribution is 2.30. The van der Waals surface area contributed by atoms with E-state index >= 15 is 0 Å². The van der Waals surface area contributed by atoms with Crippen molar-refractivity contribution in [2.24, 2.45) is 0 Å². The van der Waals surface area contributed by atoms with Crippen molar-refractivity contribution in [3.63, 3.8) is 0 Å². The summed E-state index contributed by atoms with van der Waals surface area (Å²) in [6, 6.07) is 4.75. The van der Waals surface area contributed by atoms with Crippen LogP contribution in [-0.2, 0) is 14.8 Å². The summed E-state index contributed by atoms with van der Waals surface area (Å²) >= 11 is 0. The number of hydrogen-bond acceptors (Lipinski definition) is 5. The highest BCUT2D eigenvalue weighted by molar-refractivity contribution is 7.89. The fourth-order valence-electron chi connectivity index (χ4n) is 2.30. The van der Waals surface area contributed by atoms with E-state index in [0.29, 0.717) is 25.4 Å². The van der Waals surface area contributed by atoms with E-state index in [0.717, 1.165) is 5.69 Å². The number of sulfonamides is 1. The molecule has 0 unspecified atom stereocenters. The molecule has 7 heteroatoms. The molecule has 3 N–H and O–H groups in total. The first-order chi connectivity index (χ1) is 9.25. The number of benzene rings is 1. The van der Waals surface area contributed by atoms with Crippen molar-refractivity contribution in [2.75, 3.05) is 37.4 Å². The van der Waals surface area contributed by atoms with Gasteiger partial charge >= 0.3 is 0 Å². The molecule has 1 aliphatic heterocycles. The molecular formula is C13H21N3O3S. The lowest BCUT2D eigenvalue weighted by Gasteiger charge is -2.40. The second-order valence-corrected chi connectivity index (χ2v) is 7.34. The average molecular weight is 299 g/mol. The summed E-state index contributed by atoms with van der Waals surface area (Å²) in [6.45, 7) is 5.96. The Morgan fingerprint density at radius 2 is 2.10 bits per heavy atom. The normalized spacial score (nSPS) is 19.1. The minimum atomic E-state index is -3.47. The number of nitrogens with zero attached hydrogens (tertiary/aromatic N) is 1. The molecule has 20 heavy (non-hydrogen) atoms. The Kier molecular flexibility index (Phi) is 3.95. The Balaban J connectivity index is 2.39. The molecule has 1 heterocycles. The second kappa shape index (κ2) is 5.23. The predicted octanol–water partition coefficient (Wildman–Crippen LogP) is 0.792. The number of nitrogens with one attached hydrogen (secondary N) is 1. The molecule has 0 amide bonds. The third-order valence-electron chi connectivity index (χ3n) is 3.35. The van der Waals surface area contributed by atoms with Gasteiger partial charge in [0.2, 0.25) is 10.0 Å². The quantitative estimate of drug-likeness (QED) is 0.806. The predicted molar refractivity (Wildman–Crippen MR) is 79.3 cm³/mol. The summed E-state index contributed by atoms with van der Waals surface area (Å²) in [5.74, 6) is 0. The Bertz CT molecular complexity index is 599.